The predicted octanol–water partition coefficient (Wildman–Crippen LogP) is 1.42. The van der Waals surface area contributed by atoms with Gasteiger partial charge in [-0.2, -0.15) is 4.31 Å². The van der Waals surface area contributed by atoms with Gasteiger partial charge in [-0.3, -0.25) is 0 Å². The number of sulfone groups is 1. The Labute approximate surface area is 137 Å². The second kappa shape index (κ2) is 6.16. The molecule has 0 N–H and O–H groups in total. The van der Waals surface area contributed by atoms with Gasteiger partial charge in [0.05, 0.1) is 23.6 Å². The van der Waals surface area contributed by atoms with Crippen molar-refractivity contribution in [1.82, 2.24) is 4.31 Å². The standard InChI is InChI=1S/C15H21NO5S2/c1-22(17,18)14-8-4-5-9-15(14)23(19,20)16-10-11-21-13-7-3-2-6-12(13)16/h4-5,8-9,12-13H,2-3,6-7,10-11H2,1H3. The monoisotopic (exact) mass is 359 g/mol. The van der Waals surface area contributed by atoms with Gasteiger partial charge < -0.3 is 4.74 Å². The smallest absolute Gasteiger partial charge is 0.244 e. The SMILES string of the molecule is CS(=O)(=O)c1ccccc1S(=O)(=O)N1CCOC2CCCCC21. The largest absolute Gasteiger partial charge is 0.375 e. The van der Waals surface area contributed by atoms with Crippen LogP contribution < -0.4 is 0 Å². The molecule has 23 heavy (non-hydrogen) atoms. The van der Waals surface area contributed by atoms with Crippen LogP contribution in [-0.4, -0.2) is 52.7 Å². The number of rotatable bonds is 3. The van der Waals surface area contributed by atoms with Crippen molar-refractivity contribution in [2.45, 2.75) is 47.6 Å². The first-order valence-corrected chi connectivity index (χ1v) is 11.1. The van der Waals surface area contributed by atoms with Crippen molar-refractivity contribution >= 4 is 19.9 Å². The quantitative estimate of drug-likeness (QED) is 0.815. The lowest BCUT2D eigenvalue weighted by molar-refractivity contribution is -0.0586. The van der Waals surface area contributed by atoms with Crippen molar-refractivity contribution in [1.29, 1.82) is 0 Å². The van der Waals surface area contributed by atoms with E-state index in [0.717, 1.165) is 31.9 Å². The highest BCUT2D eigenvalue weighted by Crippen LogP contribution is 2.33. The molecule has 6 nitrogen and oxygen atoms in total. The second-order valence-corrected chi connectivity index (χ2v) is 9.94. The maximum Gasteiger partial charge on any atom is 0.244 e. The van der Waals surface area contributed by atoms with Crippen LogP contribution in [-0.2, 0) is 24.6 Å². The maximum absolute atomic E-state index is 13.1. The average molecular weight is 359 g/mol. The molecule has 8 heteroatoms. The molecule has 0 radical (unpaired) electrons. The summed E-state index contributed by atoms with van der Waals surface area (Å²) in [5.74, 6) is 0. The Bertz CT molecular complexity index is 786. The average Bonchev–Trinajstić information content (AvgIpc) is 2.53. The summed E-state index contributed by atoms with van der Waals surface area (Å²) in [5, 5.41) is 0. The molecule has 2 unspecified atom stereocenters. The third kappa shape index (κ3) is 3.17. The number of nitrogens with zero attached hydrogens (tertiary/aromatic N) is 1. The van der Waals surface area contributed by atoms with Crippen molar-refractivity contribution in [3.8, 4) is 0 Å². The lowest BCUT2D eigenvalue weighted by Crippen LogP contribution is -2.54. The number of hydrogen-bond donors (Lipinski definition) is 0. The van der Waals surface area contributed by atoms with E-state index in [9.17, 15) is 16.8 Å². The Kier molecular flexibility index (Phi) is 4.52. The van der Waals surface area contributed by atoms with E-state index >= 15 is 0 Å². The van der Waals surface area contributed by atoms with Crippen LogP contribution in [0.15, 0.2) is 34.1 Å². The van der Waals surface area contributed by atoms with E-state index in [1.165, 1.54) is 22.5 Å². The Balaban J connectivity index is 2.05. The minimum Gasteiger partial charge on any atom is -0.375 e. The summed E-state index contributed by atoms with van der Waals surface area (Å²) in [4.78, 5) is -0.271. The molecule has 1 aromatic carbocycles. The summed E-state index contributed by atoms with van der Waals surface area (Å²) in [6, 6.07) is 5.62. The van der Waals surface area contributed by atoms with Crippen molar-refractivity contribution in [3.05, 3.63) is 24.3 Å². The van der Waals surface area contributed by atoms with Gasteiger partial charge in [-0.1, -0.05) is 25.0 Å². The molecule has 0 bridgehead atoms. The third-order valence-corrected chi connectivity index (χ3v) is 7.78. The zero-order chi connectivity index (χ0) is 16.7. The molecule has 1 aromatic rings. The fourth-order valence-corrected chi connectivity index (χ4v) is 6.72. The zero-order valence-corrected chi connectivity index (χ0v) is 14.6. The normalized spacial score (nSPS) is 26.7. The minimum atomic E-state index is -3.87. The van der Waals surface area contributed by atoms with E-state index in [-0.39, 0.29) is 28.5 Å². The van der Waals surface area contributed by atoms with Crippen molar-refractivity contribution in [3.63, 3.8) is 0 Å². The second-order valence-electron chi connectivity index (χ2n) is 6.10. The summed E-state index contributed by atoms with van der Waals surface area (Å²) in [6.45, 7) is 0.614. The van der Waals surface area contributed by atoms with E-state index in [4.69, 9.17) is 4.74 Å². The highest BCUT2D eigenvalue weighted by atomic mass is 32.2. The van der Waals surface area contributed by atoms with Crippen LogP contribution in [0.25, 0.3) is 0 Å². The van der Waals surface area contributed by atoms with Crippen molar-refractivity contribution in [2.24, 2.45) is 0 Å². The first kappa shape index (κ1) is 16.9. The molecule has 1 aliphatic heterocycles. The van der Waals surface area contributed by atoms with Gasteiger partial charge in [0.1, 0.15) is 4.90 Å². The lowest BCUT2D eigenvalue weighted by Gasteiger charge is -2.42. The molecule has 0 spiro atoms. The number of ether oxygens (including phenoxy) is 1. The van der Waals surface area contributed by atoms with E-state index in [0.29, 0.717) is 6.61 Å². The Morgan fingerprint density at radius 3 is 2.39 bits per heavy atom. The zero-order valence-electron chi connectivity index (χ0n) is 13.0. The van der Waals surface area contributed by atoms with Gasteiger partial charge in [-0.05, 0) is 25.0 Å². The molecule has 1 saturated carbocycles. The fourth-order valence-electron chi connectivity index (χ4n) is 3.46. The number of hydrogen-bond acceptors (Lipinski definition) is 5. The lowest BCUT2D eigenvalue weighted by atomic mass is 9.91. The molecule has 2 fully saturated rings. The fraction of sp³-hybridized carbons (Fsp3) is 0.600. The highest BCUT2D eigenvalue weighted by Gasteiger charge is 2.42. The van der Waals surface area contributed by atoms with Crippen LogP contribution in [0.3, 0.4) is 0 Å². The Hall–Kier alpha value is -0.960. The maximum atomic E-state index is 13.1. The third-order valence-electron chi connectivity index (χ3n) is 4.52. The summed E-state index contributed by atoms with van der Waals surface area (Å²) in [5.41, 5.74) is 0. The van der Waals surface area contributed by atoms with Crippen LogP contribution in [0.4, 0.5) is 0 Å². The van der Waals surface area contributed by atoms with Gasteiger partial charge >= 0.3 is 0 Å². The molecular weight excluding hydrogens is 338 g/mol. The van der Waals surface area contributed by atoms with E-state index in [1.807, 2.05) is 0 Å². The predicted molar refractivity (Wildman–Crippen MR) is 85.4 cm³/mol. The molecule has 2 aliphatic rings. The van der Waals surface area contributed by atoms with E-state index in [1.54, 1.807) is 6.07 Å². The van der Waals surface area contributed by atoms with Gasteiger partial charge in [0, 0.05) is 12.8 Å². The number of fused-ring (bicyclic) bond motifs is 1. The molecule has 2 atom stereocenters. The Morgan fingerprint density at radius 2 is 1.70 bits per heavy atom. The molecule has 1 saturated heterocycles. The van der Waals surface area contributed by atoms with Gasteiger partial charge in [0.15, 0.2) is 9.84 Å². The molecule has 128 valence electrons. The topological polar surface area (TPSA) is 80.8 Å². The van der Waals surface area contributed by atoms with Crippen LogP contribution in [0.2, 0.25) is 0 Å². The first-order chi connectivity index (χ1) is 10.8. The van der Waals surface area contributed by atoms with Gasteiger partial charge in [0.2, 0.25) is 10.0 Å². The molecule has 0 amide bonds. The molecule has 3 rings (SSSR count). The van der Waals surface area contributed by atoms with Crippen LogP contribution >= 0.6 is 0 Å². The molecular formula is C15H21NO5S2. The van der Waals surface area contributed by atoms with E-state index in [2.05, 4.69) is 0 Å². The van der Waals surface area contributed by atoms with E-state index < -0.39 is 19.9 Å². The van der Waals surface area contributed by atoms with Gasteiger partial charge in [-0.25, -0.2) is 16.8 Å². The summed E-state index contributed by atoms with van der Waals surface area (Å²) < 4.78 is 57.3. The summed E-state index contributed by atoms with van der Waals surface area (Å²) in [7, 11) is -7.49. The Morgan fingerprint density at radius 1 is 1.04 bits per heavy atom. The number of benzene rings is 1. The van der Waals surface area contributed by atoms with Gasteiger partial charge in [0.25, 0.3) is 0 Å². The first-order valence-electron chi connectivity index (χ1n) is 7.74. The van der Waals surface area contributed by atoms with Crippen LogP contribution in [0.1, 0.15) is 25.7 Å². The summed E-state index contributed by atoms with van der Waals surface area (Å²) in [6.07, 6.45) is 4.55. The molecule has 0 aromatic heterocycles. The highest BCUT2D eigenvalue weighted by molar-refractivity contribution is 7.93. The molecule has 1 aliphatic carbocycles. The van der Waals surface area contributed by atoms with Crippen molar-refractivity contribution in [2.75, 3.05) is 19.4 Å². The number of morpholine rings is 1. The molecule has 1 heterocycles. The van der Waals surface area contributed by atoms with Gasteiger partial charge in [-0.15, -0.1) is 0 Å². The van der Waals surface area contributed by atoms with Crippen LogP contribution in [0, 0.1) is 0 Å². The van der Waals surface area contributed by atoms with Crippen LogP contribution in [0.5, 0.6) is 0 Å². The minimum absolute atomic E-state index is 0.0855. The summed E-state index contributed by atoms with van der Waals surface area (Å²) >= 11 is 0. The number of sulfonamides is 1. The van der Waals surface area contributed by atoms with Crippen molar-refractivity contribution < 1.29 is 21.6 Å².